The van der Waals surface area contributed by atoms with Crippen molar-refractivity contribution in [3.8, 4) is 0 Å². The number of esters is 1. The number of carbonyl (C=O) groups excluding carboxylic acids is 3. The molecular formula is C22H40Cl4N4O6. The maximum Gasteiger partial charge on any atom is 0.325 e. The molecule has 0 saturated carbocycles. The Balaban J connectivity index is -0.00000128. The molecular weight excluding hydrogens is 558 g/mol. The maximum atomic E-state index is 12.7. The van der Waals surface area contributed by atoms with Crippen molar-refractivity contribution in [2.24, 2.45) is 11.7 Å². The first-order valence-electron chi connectivity index (χ1n) is 10.7. The number of nitrogens with zero attached hydrogens (tertiary/aromatic N) is 1. The molecule has 10 nitrogen and oxygen atoms in total. The van der Waals surface area contributed by atoms with Crippen LogP contribution in [0, 0.1) is 5.92 Å². The first-order chi connectivity index (χ1) is 15.2. The minimum Gasteiger partial charge on any atom is -0.465 e. The quantitative estimate of drug-likeness (QED) is 0.211. The van der Waals surface area contributed by atoms with Gasteiger partial charge in [0.2, 0.25) is 11.8 Å². The number of carbonyl (C=O) groups is 3. The summed E-state index contributed by atoms with van der Waals surface area (Å²) < 4.78 is 4.83. The predicted molar refractivity (Wildman–Crippen MR) is 150 cm³/mol. The zero-order valence-corrected chi connectivity index (χ0v) is 23.9. The van der Waals surface area contributed by atoms with Crippen LogP contribution >= 0.6 is 48.0 Å². The average Bonchev–Trinajstić information content (AvgIpc) is 2.76. The summed E-state index contributed by atoms with van der Waals surface area (Å²) in [4.78, 5) is 38.9. The van der Waals surface area contributed by atoms with E-state index in [0.29, 0.717) is 24.8 Å². The Morgan fingerprint density at radius 1 is 1.00 bits per heavy atom. The third kappa shape index (κ3) is 14.9. The lowest BCUT2D eigenvalue weighted by atomic mass is 10.0. The van der Waals surface area contributed by atoms with Crippen molar-refractivity contribution in [2.45, 2.75) is 39.3 Å². The summed E-state index contributed by atoms with van der Waals surface area (Å²) in [6.45, 7) is 6.60. The number of hydrogen-bond acceptors (Lipinski definition) is 6. The number of benzene rings is 1. The van der Waals surface area contributed by atoms with E-state index in [1.165, 1.54) is 0 Å². The van der Waals surface area contributed by atoms with Crippen LogP contribution in [0.25, 0.3) is 0 Å². The molecule has 0 aliphatic carbocycles. The second kappa shape index (κ2) is 22.7. The molecule has 0 saturated heterocycles. The summed E-state index contributed by atoms with van der Waals surface area (Å²) in [7, 11) is 0. The molecule has 0 unspecified atom stereocenters. The van der Waals surface area contributed by atoms with Gasteiger partial charge in [-0.2, -0.15) is 0 Å². The normalized spacial score (nSPS) is 11.3. The highest BCUT2D eigenvalue weighted by atomic mass is 35.5. The van der Waals surface area contributed by atoms with Gasteiger partial charge in [0.15, 0.2) is 0 Å². The molecule has 2 amide bonds. The van der Waals surface area contributed by atoms with Gasteiger partial charge in [-0.15, -0.1) is 48.0 Å². The monoisotopic (exact) mass is 596 g/mol. The molecule has 36 heavy (non-hydrogen) atoms. The van der Waals surface area contributed by atoms with E-state index in [0.717, 1.165) is 11.3 Å². The highest BCUT2D eigenvalue weighted by Gasteiger charge is 2.26. The Morgan fingerprint density at radius 2 is 1.53 bits per heavy atom. The Morgan fingerprint density at radius 3 is 1.97 bits per heavy atom. The average molecular weight is 598 g/mol. The molecule has 0 aliphatic heterocycles. The van der Waals surface area contributed by atoms with Crippen LogP contribution in [-0.2, 0) is 25.5 Å². The minimum atomic E-state index is -0.894. The van der Waals surface area contributed by atoms with Gasteiger partial charge in [-0.05, 0) is 30.5 Å². The van der Waals surface area contributed by atoms with E-state index in [9.17, 15) is 14.4 Å². The number of amides is 2. The van der Waals surface area contributed by atoms with Gasteiger partial charge >= 0.3 is 5.97 Å². The Bertz CT molecular complexity index is 738. The van der Waals surface area contributed by atoms with E-state index < -0.39 is 29.9 Å². The van der Waals surface area contributed by atoms with Crippen LogP contribution in [0.2, 0.25) is 0 Å². The second-order valence-corrected chi connectivity index (χ2v) is 8.35. The third-order valence-corrected chi connectivity index (χ3v) is 5.15. The van der Waals surface area contributed by atoms with Gasteiger partial charge in [0.05, 0.1) is 12.6 Å². The highest BCUT2D eigenvalue weighted by Crippen LogP contribution is 2.17. The van der Waals surface area contributed by atoms with Crippen LogP contribution < -0.4 is 21.3 Å². The van der Waals surface area contributed by atoms with E-state index in [2.05, 4.69) is 15.5 Å². The van der Waals surface area contributed by atoms with Crippen LogP contribution in [0.4, 0.5) is 5.69 Å². The topological polar surface area (TPSA) is 177 Å². The number of nitrogens with two attached hydrogens (primary N) is 1. The molecule has 0 radical (unpaired) electrons. The molecule has 0 heterocycles. The van der Waals surface area contributed by atoms with Crippen LogP contribution in [0.15, 0.2) is 24.3 Å². The second-order valence-electron chi connectivity index (χ2n) is 7.59. The summed E-state index contributed by atoms with van der Waals surface area (Å²) in [6.07, 6.45) is 0.233. The molecule has 1 aromatic rings. The number of anilines is 1. The van der Waals surface area contributed by atoms with E-state index in [4.69, 9.17) is 33.7 Å². The lowest BCUT2D eigenvalue weighted by Crippen LogP contribution is -2.54. The molecule has 0 fully saturated rings. The fraction of sp³-hybridized carbons (Fsp3) is 0.591. The lowest BCUT2D eigenvalue weighted by Gasteiger charge is -2.24. The van der Waals surface area contributed by atoms with Gasteiger partial charge in [0, 0.05) is 37.0 Å². The Kier molecular flexibility index (Phi) is 26.2. The molecule has 0 aliphatic rings. The zero-order valence-electron chi connectivity index (χ0n) is 20.7. The molecule has 0 bridgehead atoms. The molecule has 1 rings (SSSR count). The summed E-state index contributed by atoms with van der Waals surface area (Å²) in [5.74, 6) is -0.603. The summed E-state index contributed by atoms with van der Waals surface area (Å²) in [5, 5.41) is 5.22. The van der Waals surface area contributed by atoms with Gasteiger partial charge in [-0.1, -0.05) is 26.0 Å². The van der Waals surface area contributed by atoms with Crippen molar-refractivity contribution >= 4 is 71.5 Å². The molecule has 8 N–H and O–H groups in total. The van der Waals surface area contributed by atoms with Gasteiger partial charge in [0.1, 0.15) is 12.6 Å². The standard InChI is InChI=1S/C22H34Cl2N4O4.2ClH.2H2O/c1-4-32-19(29)14-26-21(30)18(27-22(31)20(25)15(2)3)13-16-5-7-17(8-6-16)28(11-9-23)12-10-24;;;;/h5-8,15,18,20H,4,9-14,25H2,1-3H3,(H,26,30)(H,27,31);2*1H;2*1H2/t18-,20-;;;;/m0..../s1. The SMILES string of the molecule is CCOC(=O)CNC(=O)[C@H](Cc1ccc(N(CCCl)CCCl)cc1)NC(=O)[C@@H](N)C(C)C.Cl.Cl.O.O. The molecule has 1 aromatic carbocycles. The molecule has 212 valence electrons. The summed E-state index contributed by atoms with van der Waals surface area (Å²) >= 11 is 11.7. The van der Waals surface area contributed by atoms with Crippen molar-refractivity contribution < 1.29 is 30.1 Å². The minimum absolute atomic E-state index is 0. The molecule has 0 aromatic heterocycles. The van der Waals surface area contributed by atoms with Crippen LogP contribution in [-0.4, -0.2) is 78.8 Å². The van der Waals surface area contributed by atoms with Crippen LogP contribution in [0.3, 0.4) is 0 Å². The Hall–Kier alpha value is -1.53. The fourth-order valence-electron chi connectivity index (χ4n) is 2.93. The number of nitrogens with one attached hydrogen (secondary N) is 2. The number of ether oxygens (including phenoxy) is 1. The fourth-order valence-corrected chi connectivity index (χ4v) is 3.34. The number of rotatable bonds is 14. The Labute approximate surface area is 235 Å². The van der Waals surface area contributed by atoms with Gasteiger partial charge in [-0.3, -0.25) is 14.4 Å². The first kappa shape index (κ1) is 41.6. The zero-order chi connectivity index (χ0) is 24.1. The lowest BCUT2D eigenvalue weighted by molar-refractivity contribution is -0.143. The van der Waals surface area contributed by atoms with Crippen LogP contribution in [0.1, 0.15) is 26.3 Å². The van der Waals surface area contributed by atoms with Crippen molar-refractivity contribution in [2.75, 3.05) is 42.9 Å². The maximum absolute atomic E-state index is 12.7. The largest absolute Gasteiger partial charge is 0.465 e. The van der Waals surface area contributed by atoms with Gasteiger partial charge < -0.3 is 37.0 Å². The smallest absolute Gasteiger partial charge is 0.325 e. The number of halogens is 4. The summed E-state index contributed by atoms with van der Waals surface area (Å²) in [5.41, 5.74) is 7.72. The van der Waals surface area contributed by atoms with Crippen molar-refractivity contribution in [3.63, 3.8) is 0 Å². The van der Waals surface area contributed by atoms with E-state index in [1.54, 1.807) is 6.92 Å². The summed E-state index contributed by atoms with van der Waals surface area (Å²) in [6, 6.07) is 5.95. The molecule has 2 atom stereocenters. The highest BCUT2D eigenvalue weighted by molar-refractivity contribution is 6.18. The van der Waals surface area contributed by atoms with Gasteiger partial charge in [0.25, 0.3) is 0 Å². The van der Waals surface area contributed by atoms with E-state index in [-0.39, 0.29) is 61.3 Å². The van der Waals surface area contributed by atoms with E-state index in [1.807, 2.05) is 38.1 Å². The number of alkyl halides is 2. The first-order valence-corrected chi connectivity index (χ1v) is 11.7. The van der Waals surface area contributed by atoms with Crippen molar-refractivity contribution in [1.82, 2.24) is 10.6 Å². The predicted octanol–water partition coefficient (Wildman–Crippen LogP) is 0.855. The van der Waals surface area contributed by atoms with Gasteiger partial charge in [-0.25, -0.2) is 0 Å². The molecule has 0 spiro atoms. The van der Waals surface area contributed by atoms with E-state index >= 15 is 0 Å². The number of hydrogen-bond donors (Lipinski definition) is 3. The van der Waals surface area contributed by atoms with Crippen LogP contribution in [0.5, 0.6) is 0 Å². The van der Waals surface area contributed by atoms with Crippen molar-refractivity contribution in [3.05, 3.63) is 29.8 Å². The molecule has 14 heteroatoms. The van der Waals surface area contributed by atoms with Crippen molar-refractivity contribution in [1.29, 1.82) is 0 Å². The third-order valence-electron chi connectivity index (χ3n) is 4.82.